The van der Waals surface area contributed by atoms with E-state index in [0.717, 1.165) is 5.30 Å². The fraction of sp³-hybridized carbons (Fsp3) is 0. The number of hydrogen-bond acceptors (Lipinski definition) is 2. The van der Waals surface area contributed by atoms with Gasteiger partial charge in [0.1, 0.15) is 6.30 Å². The molecule has 3 heteroatoms. The Balaban J connectivity index is 2.85. The first-order valence-electron chi connectivity index (χ1n) is 2.82. The summed E-state index contributed by atoms with van der Waals surface area (Å²) in [7, 11) is -0.759. The molecule has 0 bridgehead atoms. The third kappa shape index (κ3) is 1.84. The molecule has 0 aliphatic heterocycles. The average molecular weight is 171 g/mol. The molecule has 0 radical (unpaired) electrons. The Morgan fingerprint density at radius 2 is 1.90 bits per heavy atom. The number of benzene rings is 1. The summed E-state index contributed by atoms with van der Waals surface area (Å²) in [6.07, 6.45) is 3.79. The van der Waals surface area contributed by atoms with Gasteiger partial charge in [0.15, 0.2) is 5.30 Å². The molecule has 0 aliphatic carbocycles. The van der Waals surface area contributed by atoms with Crippen molar-refractivity contribution >= 4 is 32.3 Å². The third-order valence-electron chi connectivity index (χ3n) is 1.14. The van der Waals surface area contributed by atoms with Gasteiger partial charge in [0, 0.05) is 12.9 Å². The minimum Gasteiger partial charge on any atom is -0.108 e. The van der Waals surface area contributed by atoms with Crippen molar-refractivity contribution in [3.05, 3.63) is 30.3 Å². The minimum absolute atomic E-state index is 0.759. The van der Waals surface area contributed by atoms with Crippen LogP contribution in [-0.4, -0.2) is 6.30 Å². The summed E-state index contributed by atoms with van der Waals surface area (Å²) in [6, 6.07) is 9.85. The lowest BCUT2D eigenvalue weighted by Crippen LogP contribution is -1.92. The quantitative estimate of drug-likeness (QED) is 0.407. The molecule has 1 aromatic rings. The molecular weight excluding hydrogens is 163 g/mol. The predicted octanol–water partition coefficient (Wildman–Crippen LogP) is 2.00. The van der Waals surface area contributed by atoms with Gasteiger partial charge in [-0.3, -0.25) is 0 Å². The maximum atomic E-state index is 4.78. The van der Waals surface area contributed by atoms with Crippen molar-refractivity contribution in [3.63, 3.8) is 0 Å². The zero-order valence-electron chi connectivity index (χ0n) is 5.40. The largest absolute Gasteiger partial charge is 0.301 e. The molecule has 0 fully saturated rings. The van der Waals surface area contributed by atoms with Crippen LogP contribution in [0.2, 0.25) is 0 Å². The molecule has 0 aliphatic rings. The second-order valence-electron chi connectivity index (χ2n) is 1.80. The maximum absolute atomic E-state index is 4.78. The van der Waals surface area contributed by atoms with Crippen molar-refractivity contribution in [3.8, 4) is 0 Å². The van der Waals surface area contributed by atoms with E-state index in [1.165, 1.54) is 0 Å². The Morgan fingerprint density at radius 3 is 2.40 bits per heavy atom. The summed E-state index contributed by atoms with van der Waals surface area (Å²) in [5.41, 5.74) is 0. The Morgan fingerprint density at radius 1 is 1.30 bits per heavy atom. The Bertz CT molecular complexity index is 222. The molecule has 0 saturated carbocycles. The van der Waals surface area contributed by atoms with E-state index in [1.807, 2.05) is 30.3 Å². The van der Waals surface area contributed by atoms with Crippen LogP contribution in [0.3, 0.4) is 0 Å². The van der Waals surface area contributed by atoms with E-state index in [9.17, 15) is 0 Å². The first-order valence-corrected chi connectivity index (χ1v) is 4.63. The monoisotopic (exact) mass is 171 g/mol. The fourth-order valence-electron chi connectivity index (χ4n) is 0.641. The van der Waals surface area contributed by atoms with Crippen molar-refractivity contribution in [1.29, 1.82) is 0 Å². The normalized spacial score (nSPS) is 11.1. The van der Waals surface area contributed by atoms with Crippen LogP contribution in [0, 0.1) is 0 Å². The van der Waals surface area contributed by atoms with Gasteiger partial charge in [-0.25, -0.2) is 0 Å². The number of rotatable bonds is 2. The second-order valence-corrected chi connectivity index (χ2v) is 3.72. The van der Waals surface area contributed by atoms with Gasteiger partial charge in [0.2, 0.25) is 0 Å². The van der Waals surface area contributed by atoms with Crippen LogP contribution in [-0.2, 0) is 3.97 Å². The smallest absolute Gasteiger partial charge is 0.108 e. The molecule has 0 aromatic heterocycles. The highest BCUT2D eigenvalue weighted by Crippen LogP contribution is 2.21. The van der Waals surface area contributed by atoms with E-state index in [2.05, 4.69) is 19.2 Å². The van der Waals surface area contributed by atoms with Gasteiger partial charge in [-0.2, -0.15) is 0 Å². The van der Waals surface area contributed by atoms with Crippen LogP contribution < -0.4 is 5.30 Å². The summed E-state index contributed by atoms with van der Waals surface area (Å²) in [5.74, 6) is 0. The summed E-state index contributed by atoms with van der Waals surface area (Å²) in [4.78, 5) is 0. The van der Waals surface area contributed by atoms with Crippen molar-refractivity contribution in [1.82, 2.24) is 0 Å². The lowest BCUT2D eigenvalue weighted by Gasteiger charge is -1.85. The molecule has 0 heterocycles. The molecular formula is C7H8OPS+. The fourth-order valence-corrected chi connectivity index (χ4v) is 1.52. The van der Waals surface area contributed by atoms with Gasteiger partial charge >= 0.3 is 7.77 Å². The Labute approximate surface area is 67.1 Å². The number of thiol groups is 1. The molecule has 1 unspecified atom stereocenters. The van der Waals surface area contributed by atoms with Crippen LogP contribution >= 0.6 is 20.7 Å². The Kier molecular flexibility index (Phi) is 2.94. The van der Waals surface area contributed by atoms with E-state index in [0.29, 0.717) is 0 Å². The number of hydrogen-bond donors (Lipinski definition) is 1. The molecule has 0 amide bonds. The van der Waals surface area contributed by atoms with Crippen LogP contribution in [0.4, 0.5) is 0 Å². The molecule has 0 N–H and O–H groups in total. The zero-order valence-corrected chi connectivity index (χ0v) is 7.19. The van der Waals surface area contributed by atoms with Crippen LogP contribution in [0.5, 0.6) is 0 Å². The van der Waals surface area contributed by atoms with Gasteiger partial charge < -0.3 is 0 Å². The van der Waals surface area contributed by atoms with Gasteiger partial charge in [-0.15, -0.1) is 3.97 Å². The van der Waals surface area contributed by atoms with Gasteiger partial charge in [0.25, 0.3) is 0 Å². The molecule has 0 spiro atoms. The van der Waals surface area contributed by atoms with Crippen molar-refractivity contribution in [2.45, 2.75) is 0 Å². The van der Waals surface area contributed by atoms with Crippen LogP contribution in [0.15, 0.2) is 30.3 Å². The second kappa shape index (κ2) is 3.77. The van der Waals surface area contributed by atoms with Crippen molar-refractivity contribution in [2.75, 3.05) is 0 Å². The van der Waals surface area contributed by atoms with Gasteiger partial charge in [-0.1, -0.05) is 18.2 Å². The van der Waals surface area contributed by atoms with Crippen molar-refractivity contribution < 1.29 is 3.97 Å². The summed E-state index contributed by atoms with van der Waals surface area (Å²) < 4.78 is 4.78. The highest BCUT2D eigenvalue weighted by molar-refractivity contribution is 7.82. The molecule has 1 rings (SSSR count). The third-order valence-corrected chi connectivity index (χ3v) is 2.81. The topological polar surface area (TPSA) is 9.23 Å². The highest BCUT2D eigenvalue weighted by atomic mass is 32.1. The molecule has 1 atom stereocenters. The van der Waals surface area contributed by atoms with E-state index in [4.69, 9.17) is 3.97 Å². The molecule has 52 valence electrons. The zero-order chi connectivity index (χ0) is 7.40. The molecule has 1 aromatic carbocycles. The first-order chi connectivity index (χ1) is 4.84. The van der Waals surface area contributed by atoms with E-state index in [1.54, 1.807) is 0 Å². The van der Waals surface area contributed by atoms with Crippen LogP contribution in [0.25, 0.3) is 0 Å². The van der Waals surface area contributed by atoms with E-state index < -0.39 is 7.77 Å². The van der Waals surface area contributed by atoms with Crippen molar-refractivity contribution in [2.24, 2.45) is 0 Å². The van der Waals surface area contributed by atoms with Gasteiger partial charge in [-0.05, 0) is 12.1 Å². The summed E-state index contributed by atoms with van der Waals surface area (Å²) >= 11 is 3.69. The first kappa shape index (κ1) is 7.80. The van der Waals surface area contributed by atoms with Crippen LogP contribution in [0.1, 0.15) is 0 Å². The molecule has 10 heavy (non-hydrogen) atoms. The standard InChI is InChI=1S/C7H7OPS/c1-9(8-10)7-5-3-2-4-6-7/h2-6H,1H2/p+1. The lowest BCUT2D eigenvalue weighted by atomic mass is 10.4. The summed E-state index contributed by atoms with van der Waals surface area (Å²) in [6.45, 7) is 0. The molecule has 0 saturated heterocycles. The van der Waals surface area contributed by atoms with Gasteiger partial charge in [0.05, 0.1) is 0 Å². The predicted molar refractivity (Wildman–Crippen MR) is 50.2 cm³/mol. The highest BCUT2D eigenvalue weighted by Gasteiger charge is 2.08. The Hall–Kier alpha value is -0.300. The maximum Gasteiger partial charge on any atom is 0.301 e. The average Bonchev–Trinajstić information content (AvgIpc) is 2.05. The summed E-state index contributed by atoms with van der Waals surface area (Å²) in [5, 5.41) is 1.10. The molecule has 1 nitrogen and oxygen atoms in total. The lowest BCUT2D eigenvalue weighted by molar-refractivity contribution is 0.762. The van der Waals surface area contributed by atoms with E-state index >= 15 is 0 Å². The minimum atomic E-state index is -0.759. The van der Waals surface area contributed by atoms with E-state index in [-0.39, 0.29) is 0 Å². The SMILES string of the molecule is C=[P+](OS)c1ccccc1.